The Labute approximate surface area is 168 Å². The lowest BCUT2D eigenvalue weighted by Crippen LogP contribution is -2.55. The number of nitrogens with zero attached hydrogens (tertiary/aromatic N) is 4. The molecular weight excluding hydrogens is 431 g/mol. The quantitative estimate of drug-likeness (QED) is 0.400. The molecule has 25 heavy (non-hydrogen) atoms. The zero-order chi connectivity index (χ0) is 17.7. The molecule has 1 aromatic heterocycles. The average Bonchev–Trinajstić information content (AvgIpc) is 3.00. The van der Waals surface area contributed by atoms with Crippen molar-refractivity contribution in [2.45, 2.75) is 38.8 Å². The third-order valence-electron chi connectivity index (χ3n) is 4.41. The van der Waals surface area contributed by atoms with Gasteiger partial charge in [0.05, 0.1) is 12.7 Å². The first-order valence-electron chi connectivity index (χ1n) is 8.58. The second kappa shape index (κ2) is 9.72. The van der Waals surface area contributed by atoms with Crippen molar-refractivity contribution in [1.29, 1.82) is 0 Å². The normalized spacial score (nSPS) is 20.2. The lowest BCUT2D eigenvalue weighted by Gasteiger charge is -2.37. The molecule has 1 aliphatic rings. The molecule has 0 spiro atoms. The fourth-order valence-corrected chi connectivity index (χ4v) is 2.66. The van der Waals surface area contributed by atoms with Crippen LogP contribution >= 0.6 is 24.0 Å². The maximum atomic E-state index is 5.80. The van der Waals surface area contributed by atoms with Gasteiger partial charge in [0, 0.05) is 44.7 Å². The maximum absolute atomic E-state index is 5.80. The van der Waals surface area contributed by atoms with Gasteiger partial charge in [-0.3, -0.25) is 9.89 Å². The van der Waals surface area contributed by atoms with E-state index in [1.807, 2.05) is 0 Å². The van der Waals surface area contributed by atoms with E-state index >= 15 is 0 Å². The molecule has 2 heterocycles. The summed E-state index contributed by atoms with van der Waals surface area (Å²) in [6.45, 7) is 11.0. The number of halogens is 1. The Morgan fingerprint density at radius 2 is 2.04 bits per heavy atom. The van der Waals surface area contributed by atoms with Crippen molar-refractivity contribution in [3.8, 4) is 0 Å². The van der Waals surface area contributed by atoms with Crippen LogP contribution in [-0.2, 0) is 12.0 Å². The predicted molar refractivity (Wildman–Crippen MR) is 113 cm³/mol. The first-order valence-corrected chi connectivity index (χ1v) is 8.58. The molecule has 1 aliphatic heterocycles. The maximum Gasteiger partial charge on any atom is 0.213 e. The summed E-state index contributed by atoms with van der Waals surface area (Å²) in [4.78, 5) is 13.4. The van der Waals surface area contributed by atoms with E-state index in [1.54, 1.807) is 13.2 Å². The van der Waals surface area contributed by atoms with E-state index in [0.717, 1.165) is 37.9 Å². The molecule has 0 aromatic carbocycles. The molecule has 1 unspecified atom stereocenters. The van der Waals surface area contributed by atoms with Gasteiger partial charge < -0.3 is 20.0 Å². The Balaban J connectivity index is 0.00000312. The summed E-state index contributed by atoms with van der Waals surface area (Å²) in [7, 11) is 6.13. The molecule has 0 amide bonds. The molecule has 1 fully saturated rings. The van der Waals surface area contributed by atoms with Gasteiger partial charge in [-0.15, -0.1) is 24.0 Å². The molecule has 144 valence electrons. The third-order valence-corrected chi connectivity index (χ3v) is 4.41. The minimum Gasteiger partial charge on any atom is -0.443 e. The number of oxazole rings is 1. The SMILES string of the molecule is CN=C(NCc1ncc(C(C)(C)C)o1)NCC1CN(C)CCN1C.I. The van der Waals surface area contributed by atoms with Crippen molar-refractivity contribution >= 4 is 29.9 Å². The van der Waals surface area contributed by atoms with Gasteiger partial charge in [-0.1, -0.05) is 20.8 Å². The van der Waals surface area contributed by atoms with E-state index in [-0.39, 0.29) is 29.4 Å². The van der Waals surface area contributed by atoms with E-state index in [1.165, 1.54) is 0 Å². The first-order chi connectivity index (χ1) is 11.3. The standard InChI is InChI=1S/C17H32N6O.HI/c1-17(2,3)14-10-19-15(24-14)11-21-16(18-4)20-9-13-12-22(5)7-8-23(13)6;/h10,13H,7-9,11-12H2,1-6H3,(H2,18,20,21);1H. The van der Waals surface area contributed by atoms with Crippen LogP contribution in [0, 0.1) is 0 Å². The number of likely N-dealkylation sites (N-methyl/N-ethyl adjacent to an activating group) is 2. The summed E-state index contributed by atoms with van der Waals surface area (Å²) < 4.78 is 5.80. The second-order valence-corrected chi connectivity index (χ2v) is 7.57. The van der Waals surface area contributed by atoms with Crippen LogP contribution in [0.1, 0.15) is 32.4 Å². The van der Waals surface area contributed by atoms with Gasteiger partial charge in [-0.25, -0.2) is 4.98 Å². The highest BCUT2D eigenvalue weighted by molar-refractivity contribution is 14.0. The Kier molecular flexibility index (Phi) is 8.62. The summed E-state index contributed by atoms with van der Waals surface area (Å²) in [5.74, 6) is 2.35. The smallest absolute Gasteiger partial charge is 0.213 e. The highest BCUT2D eigenvalue weighted by Gasteiger charge is 2.22. The summed E-state index contributed by atoms with van der Waals surface area (Å²) in [6, 6.07) is 0.483. The Morgan fingerprint density at radius 1 is 1.32 bits per heavy atom. The molecule has 2 rings (SSSR count). The monoisotopic (exact) mass is 464 g/mol. The van der Waals surface area contributed by atoms with E-state index in [0.29, 0.717) is 18.5 Å². The Hall–Kier alpha value is -0.870. The van der Waals surface area contributed by atoms with Gasteiger partial charge in [-0.2, -0.15) is 0 Å². The summed E-state index contributed by atoms with van der Waals surface area (Å²) in [5.41, 5.74) is -0.0250. The van der Waals surface area contributed by atoms with E-state index in [9.17, 15) is 0 Å². The molecule has 7 nitrogen and oxygen atoms in total. The number of rotatable bonds is 4. The topological polar surface area (TPSA) is 68.9 Å². The van der Waals surface area contributed by atoms with Gasteiger partial charge in [0.2, 0.25) is 5.89 Å². The zero-order valence-corrected chi connectivity index (χ0v) is 18.6. The zero-order valence-electron chi connectivity index (χ0n) is 16.3. The molecule has 1 atom stereocenters. The van der Waals surface area contributed by atoms with Crippen LogP contribution in [0.25, 0.3) is 0 Å². The number of hydrogen-bond acceptors (Lipinski definition) is 5. The van der Waals surface area contributed by atoms with Gasteiger partial charge in [0.25, 0.3) is 0 Å². The number of aromatic nitrogens is 1. The van der Waals surface area contributed by atoms with Crippen molar-refractivity contribution in [1.82, 2.24) is 25.4 Å². The van der Waals surface area contributed by atoms with Crippen molar-refractivity contribution in [2.24, 2.45) is 4.99 Å². The van der Waals surface area contributed by atoms with Crippen LogP contribution in [0.3, 0.4) is 0 Å². The number of guanidine groups is 1. The average molecular weight is 464 g/mol. The van der Waals surface area contributed by atoms with Gasteiger partial charge in [0.1, 0.15) is 5.76 Å². The van der Waals surface area contributed by atoms with E-state index in [2.05, 4.69) is 65.3 Å². The van der Waals surface area contributed by atoms with Crippen molar-refractivity contribution < 1.29 is 4.42 Å². The molecule has 0 saturated carbocycles. The van der Waals surface area contributed by atoms with E-state index in [4.69, 9.17) is 4.42 Å². The minimum absolute atomic E-state index is 0. The van der Waals surface area contributed by atoms with Crippen molar-refractivity contribution in [3.05, 3.63) is 17.8 Å². The molecule has 2 N–H and O–H groups in total. The lowest BCUT2D eigenvalue weighted by atomic mass is 9.94. The molecule has 0 radical (unpaired) electrons. The molecule has 8 heteroatoms. The minimum atomic E-state index is -0.0250. The number of hydrogen-bond donors (Lipinski definition) is 2. The molecule has 0 bridgehead atoms. The lowest BCUT2D eigenvalue weighted by molar-refractivity contribution is 0.116. The molecule has 0 aliphatic carbocycles. The molecular formula is C17H33IN6O. The third kappa shape index (κ3) is 6.74. The highest BCUT2D eigenvalue weighted by Crippen LogP contribution is 2.22. The fourth-order valence-electron chi connectivity index (χ4n) is 2.66. The van der Waals surface area contributed by atoms with Gasteiger partial charge in [0.15, 0.2) is 5.96 Å². The van der Waals surface area contributed by atoms with Crippen LogP contribution in [0.2, 0.25) is 0 Å². The summed E-state index contributed by atoms with van der Waals surface area (Å²) >= 11 is 0. The predicted octanol–water partition coefficient (Wildman–Crippen LogP) is 1.50. The molecule has 1 saturated heterocycles. The Morgan fingerprint density at radius 3 is 2.64 bits per heavy atom. The van der Waals surface area contributed by atoms with Gasteiger partial charge >= 0.3 is 0 Å². The van der Waals surface area contributed by atoms with Crippen LogP contribution < -0.4 is 10.6 Å². The first kappa shape index (κ1) is 22.2. The summed E-state index contributed by atoms with van der Waals surface area (Å²) in [6.07, 6.45) is 1.81. The van der Waals surface area contributed by atoms with Crippen LogP contribution in [0.5, 0.6) is 0 Å². The summed E-state index contributed by atoms with van der Waals surface area (Å²) in [5, 5.41) is 6.67. The van der Waals surface area contributed by atoms with Crippen LogP contribution in [-0.4, -0.2) is 74.1 Å². The van der Waals surface area contributed by atoms with Crippen molar-refractivity contribution in [2.75, 3.05) is 47.3 Å². The fraction of sp³-hybridized carbons (Fsp3) is 0.765. The number of piperazine rings is 1. The van der Waals surface area contributed by atoms with Crippen molar-refractivity contribution in [3.63, 3.8) is 0 Å². The second-order valence-electron chi connectivity index (χ2n) is 7.57. The Bertz CT molecular complexity index is 554. The van der Waals surface area contributed by atoms with E-state index < -0.39 is 0 Å². The van der Waals surface area contributed by atoms with Crippen LogP contribution in [0.15, 0.2) is 15.6 Å². The van der Waals surface area contributed by atoms with Gasteiger partial charge in [-0.05, 0) is 14.1 Å². The number of aliphatic imine (C=N–C) groups is 1. The highest BCUT2D eigenvalue weighted by atomic mass is 127. The largest absolute Gasteiger partial charge is 0.443 e. The number of nitrogens with one attached hydrogen (secondary N) is 2. The molecule has 1 aromatic rings. The van der Waals surface area contributed by atoms with Crippen LogP contribution in [0.4, 0.5) is 0 Å².